The molecule has 2 atom stereocenters. The highest BCUT2D eigenvalue weighted by atomic mass is 32.2. The zero-order valence-corrected chi connectivity index (χ0v) is 15.4. The number of amides is 1. The minimum atomic E-state index is -1.85. The Labute approximate surface area is 123 Å². The smallest absolute Gasteiger partial charge is 0.224 e. The van der Waals surface area contributed by atoms with Gasteiger partial charge in [-0.15, -0.1) is 11.8 Å². The van der Waals surface area contributed by atoms with Crippen molar-refractivity contribution in [2.45, 2.75) is 70.6 Å². The summed E-state index contributed by atoms with van der Waals surface area (Å²) in [5.41, 5.74) is -0.928. The van der Waals surface area contributed by atoms with Crippen molar-refractivity contribution in [3.05, 3.63) is 0 Å². The highest BCUT2D eigenvalue weighted by Gasteiger charge is 2.60. The number of carbonyl (C=O) groups is 1. The average molecular weight is 304 g/mol. The Kier molecular flexibility index (Phi) is 4.56. The number of nitrogens with zero attached hydrogens (tertiary/aromatic N) is 1. The van der Waals surface area contributed by atoms with Crippen LogP contribution in [0.1, 0.15) is 41.5 Å². The predicted molar refractivity (Wildman–Crippen MR) is 85.8 cm³/mol. The minimum Gasteiger partial charge on any atom is -0.390 e. The minimum absolute atomic E-state index is 0.137. The molecule has 1 saturated heterocycles. The Balaban J connectivity index is 3.07. The molecule has 0 saturated carbocycles. The fourth-order valence-electron chi connectivity index (χ4n) is 2.41. The van der Waals surface area contributed by atoms with Gasteiger partial charge in [0, 0.05) is 0 Å². The van der Waals surface area contributed by atoms with Crippen LogP contribution in [-0.4, -0.2) is 40.5 Å². The fraction of sp³-hybridized carbons (Fsp3) is 0.929. The number of hydrogen-bond donors (Lipinski definition) is 1. The van der Waals surface area contributed by atoms with Gasteiger partial charge in [-0.05, 0) is 24.6 Å². The van der Waals surface area contributed by atoms with Crippen molar-refractivity contribution in [1.29, 1.82) is 0 Å². The molecule has 1 aliphatic heterocycles. The van der Waals surface area contributed by atoms with Crippen molar-refractivity contribution in [1.82, 2.24) is 4.57 Å². The van der Waals surface area contributed by atoms with Gasteiger partial charge in [-0.1, -0.05) is 40.8 Å². The molecule has 0 aromatic carbocycles. The first kappa shape index (κ1) is 17.0. The van der Waals surface area contributed by atoms with Crippen molar-refractivity contribution in [3.8, 4) is 0 Å². The average Bonchev–Trinajstić information content (AvgIpc) is 2.12. The van der Waals surface area contributed by atoms with E-state index in [1.165, 1.54) is 0 Å². The lowest BCUT2D eigenvalue weighted by Crippen LogP contribution is -2.75. The lowest BCUT2D eigenvalue weighted by molar-refractivity contribution is -0.156. The second-order valence-corrected chi connectivity index (χ2v) is 14.0. The topological polar surface area (TPSA) is 40.5 Å². The van der Waals surface area contributed by atoms with E-state index in [0.29, 0.717) is 0 Å². The van der Waals surface area contributed by atoms with Gasteiger partial charge in [0.25, 0.3) is 0 Å². The summed E-state index contributed by atoms with van der Waals surface area (Å²) in [7, 11) is -1.85. The quantitative estimate of drug-likeness (QED) is 0.640. The highest BCUT2D eigenvalue weighted by molar-refractivity contribution is 8.00. The Bertz CT molecular complexity index is 357. The molecule has 112 valence electrons. The van der Waals surface area contributed by atoms with Crippen molar-refractivity contribution in [3.63, 3.8) is 0 Å². The molecule has 0 aromatic heterocycles. The number of β-lactam (4-membered cyclic amide) rings is 1. The van der Waals surface area contributed by atoms with E-state index >= 15 is 0 Å². The van der Waals surface area contributed by atoms with E-state index < -0.39 is 13.8 Å². The first-order valence-electron chi connectivity index (χ1n) is 7.03. The molecule has 0 bridgehead atoms. The molecular formula is C14H29NO2SSi. The van der Waals surface area contributed by atoms with Crippen LogP contribution in [0.5, 0.6) is 0 Å². The Morgan fingerprint density at radius 2 is 1.74 bits per heavy atom. The van der Waals surface area contributed by atoms with Crippen LogP contribution >= 0.6 is 11.8 Å². The van der Waals surface area contributed by atoms with Crippen LogP contribution in [0.25, 0.3) is 0 Å². The molecule has 5 heteroatoms. The standard InChI is InChI=1S/C14H29NO2SSi/c1-9-18-12-10(14(5,6)17)11(16)15(12)19(7,8)13(2,3)4/h10,12,17H,9H2,1-8H3. The number of hydrogen-bond acceptors (Lipinski definition) is 3. The van der Waals surface area contributed by atoms with E-state index in [4.69, 9.17) is 0 Å². The van der Waals surface area contributed by atoms with Gasteiger partial charge in [-0.3, -0.25) is 4.79 Å². The predicted octanol–water partition coefficient (Wildman–Crippen LogP) is 3.30. The van der Waals surface area contributed by atoms with Gasteiger partial charge in [0.15, 0.2) is 8.24 Å². The van der Waals surface area contributed by atoms with Gasteiger partial charge < -0.3 is 9.67 Å². The van der Waals surface area contributed by atoms with E-state index in [2.05, 4.69) is 45.4 Å². The third-order valence-corrected chi connectivity index (χ3v) is 11.3. The zero-order chi connectivity index (χ0) is 15.2. The third-order valence-electron chi connectivity index (χ3n) is 4.58. The first-order valence-corrected chi connectivity index (χ1v) is 11.0. The molecule has 1 N–H and O–H groups in total. The third kappa shape index (κ3) is 2.88. The van der Waals surface area contributed by atoms with E-state index in [9.17, 15) is 9.90 Å². The number of thioether (sulfide) groups is 1. The summed E-state index contributed by atoms with van der Waals surface area (Å²) < 4.78 is 2.11. The largest absolute Gasteiger partial charge is 0.390 e. The van der Waals surface area contributed by atoms with Gasteiger partial charge in [0.05, 0.1) is 16.9 Å². The van der Waals surface area contributed by atoms with Crippen molar-refractivity contribution >= 4 is 25.9 Å². The molecule has 0 spiro atoms. The van der Waals surface area contributed by atoms with E-state index in [1.54, 1.807) is 25.6 Å². The Morgan fingerprint density at radius 3 is 2.05 bits per heavy atom. The summed E-state index contributed by atoms with van der Waals surface area (Å²) in [5, 5.41) is 10.5. The van der Waals surface area contributed by atoms with Crippen molar-refractivity contribution < 1.29 is 9.90 Å². The van der Waals surface area contributed by atoms with Crippen LogP contribution in [0.4, 0.5) is 0 Å². The Hall–Kier alpha value is -0.00312. The summed E-state index contributed by atoms with van der Waals surface area (Å²) in [6.45, 7) is 16.8. The molecule has 3 nitrogen and oxygen atoms in total. The molecule has 0 aliphatic carbocycles. The molecule has 0 radical (unpaired) electrons. The maximum absolute atomic E-state index is 12.6. The number of aliphatic hydroxyl groups is 1. The molecule has 2 unspecified atom stereocenters. The molecule has 1 aliphatic rings. The molecule has 0 aromatic rings. The lowest BCUT2D eigenvalue weighted by atomic mass is 9.85. The van der Waals surface area contributed by atoms with Crippen molar-refractivity contribution in [2.24, 2.45) is 5.92 Å². The summed E-state index contributed by atoms with van der Waals surface area (Å²) in [5.74, 6) is 0.854. The van der Waals surface area contributed by atoms with Crippen LogP contribution in [0.3, 0.4) is 0 Å². The number of rotatable bonds is 4. The molecule has 1 fully saturated rings. The summed E-state index contributed by atoms with van der Waals surface area (Å²) in [6.07, 6.45) is 0. The second kappa shape index (κ2) is 5.08. The van der Waals surface area contributed by atoms with Crippen LogP contribution in [0, 0.1) is 5.92 Å². The SMILES string of the molecule is CCSC1C(C(C)(C)O)C(=O)N1[Si](C)(C)C(C)(C)C. The normalized spacial score (nSPS) is 25.5. The molecular weight excluding hydrogens is 274 g/mol. The fourth-order valence-corrected chi connectivity index (χ4v) is 6.86. The molecule has 1 rings (SSSR count). The summed E-state index contributed by atoms with van der Waals surface area (Å²) in [4.78, 5) is 12.6. The highest BCUT2D eigenvalue weighted by Crippen LogP contribution is 2.50. The van der Waals surface area contributed by atoms with Gasteiger partial charge in [-0.25, -0.2) is 0 Å². The van der Waals surface area contributed by atoms with Crippen LogP contribution in [-0.2, 0) is 4.79 Å². The monoisotopic (exact) mass is 303 g/mol. The van der Waals surface area contributed by atoms with Crippen LogP contribution in [0.15, 0.2) is 0 Å². The summed E-state index contributed by atoms with van der Waals surface area (Å²) in [6, 6.07) is 0. The zero-order valence-electron chi connectivity index (χ0n) is 13.6. The molecule has 1 heterocycles. The van der Waals surface area contributed by atoms with E-state index in [-0.39, 0.29) is 22.2 Å². The second-order valence-electron chi connectivity index (χ2n) is 7.49. The summed E-state index contributed by atoms with van der Waals surface area (Å²) >= 11 is 1.79. The Morgan fingerprint density at radius 1 is 1.26 bits per heavy atom. The molecule has 1 amide bonds. The lowest BCUT2D eigenvalue weighted by Gasteiger charge is -2.60. The maximum atomic E-state index is 12.6. The van der Waals surface area contributed by atoms with Crippen molar-refractivity contribution in [2.75, 3.05) is 5.75 Å². The van der Waals surface area contributed by atoms with Gasteiger partial charge in [0.1, 0.15) is 0 Å². The first-order chi connectivity index (χ1) is 8.35. The van der Waals surface area contributed by atoms with E-state index in [0.717, 1.165) is 5.75 Å². The van der Waals surface area contributed by atoms with Crippen LogP contribution in [0.2, 0.25) is 18.1 Å². The maximum Gasteiger partial charge on any atom is 0.224 e. The van der Waals surface area contributed by atoms with Crippen LogP contribution < -0.4 is 0 Å². The van der Waals surface area contributed by atoms with Gasteiger partial charge >= 0.3 is 0 Å². The molecule has 19 heavy (non-hydrogen) atoms. The van der Waals surface area contributed by atoms with E-state index in [1.807, 2.05) is 0 Å². The number of carbonyl (C=O) groups excluding carboxylic acids is 1. The van der Waals surface area contributed by atoms with Gasteiger partial charge in [-0.2, -0.15) is 0 Å². The van der Waals surface area contributed by atoms with Gasteiger partial charge in [0.2, 0.25) is 5.91 Å².